The summed E-state index contributed by atoms with van der Waals surface area (Å²) in [4.78, 5) is 23.1. The van der Waals surface area contributed by atoms with Crippen LogP contribution in [0.2, 0.25) is 0 Å². The highest BCUT2D eigenvalue weighted by Crippen LogP contribution is 2.20. The van der Waals surface area contributed by atoms with Crippen LogP contribution in [0.15, 0.2) is 54.6 Å². The van der Waals surface area contributed by atoms with E-state index in [0.717, 1.165) is 0 Å². The summed E-state index contributed by atoms with van der Waals surface area (Å²) >= 11 is 0. The molecule has 0 aromatic heterocycles. The second kappa shape index (κ2) is 9.32. The SMILES string of the molecule is CCOc1ccc([C@H](CC(=O)[O-])NC(=O)COc2ccccc2)cc1. The van der Waals surface area contributed by atoms with Crippen LogP contribution in [0.3, 0.4) is 0 Å². The van der Waals surface area contributed by atoms with Gasteiger partial charge in [-0.2, -0.15) is 0 Å². The Kier molecular flexibility index (Phi) is 6.83. The van der Waals surface area contributed by atoms with E-state index in [-0.39, 0.29) is 13.0 Å². The number of aliphatic carboxylic acids is 1. The number of carboxylic acids is 1. The summed E-state index contributed by atoms with van der Waals surface area (Å²) < 4.78 is 10.7. The highest BCUT2D eigenvalue weighted by Gasteiger charge is 2.15. The Morgan fingerprint density at radius 1 is 1.00 bits per heavy atom. The maximum absolute atomic E-state index is 12.1. The van der Waals surface area contributed by atoms with Gasteiger partial charge in [0, 0.05) is 12.4 Å². The predicted molar refractivity (Wildman–Crippen MR) is 90.1 cm³/mol. The van der Waals surface area contributed by atoms with Crippen molar-refractivity contribution in [2.75, 3.05) is 13.2 Å². The fourth-order valence-electron chi connectivity index (χ4n) is 2.28. The second-order valence-corrected chi connectivity index (χ2v) is 5.30. The van der Waals surface area contributed by atoms with Gasteiger partial charge >= 0.3 is 0 Å². The fraction of sp³-hybridized carbons (Fsp3) is 0.263. The molecule has 0 saturated heterocycles. The van der Waals surface area contributed by atoms with E-state index in [0.29, 0.717) is 23.7 Å². The fourth-order valence-corrected chi connectivity index (χ4v) is 2.28. The van der Waals surface area contributed by atoms with E-state index >= 15 is 0 Å². The smallest absolute Gasteiger partial charge is 0.258 e. The Morgan fingerprint density at radius 2 is 1.64 bits per heavy atom. The number of hydrogen-bond acceptors (Lipinski definition) is 5. The quantitative estimate of drug-likeness (QED) is 0.745. The lowest BCUT2D eigenvalue weighted by Crippen LogP contribution is -2.36. The van der Waals surface area contributed by atoms with Gasteiger partial charge in [0.15, 0.2) is 6.61 Å². The molecule has 1 atom stereocenters. The van der Waals surface area contributed by atoms with Gasteiger partial charge in [-0.15, -0.1) is 0 Å². The van der Waals surface area contributed by atoms with E-state index in [1.54, 1.807) is 48.5 Å². The predicted octanol–water partition coefficient (Wildman–Crippen LogP) is 1.46. The second-order valence-electron chi connectivity index (χ2n) is 5.30. The van der Waals surface area contributed by atoms with Crippen LogP contribution < -0.4 is 19.9 Å². The molecule has 0 bridgehead atoms. The zero-order chi connectivity index (χ0) is 18.1. The third kappa shape index (κ3) is 6.18. The summed E-state index contributed by atoms with van der Waals surface area (Å²) in [5.41, 5.74) is 0.653. The van der Waals surface area contributed by atoms with E-state index in [1.807, 2.05) is 13.0 Å². The van der Waals surface area contributed by atoms with E-state index < -0.39 is 17.9 Å². The molecule has 0 saturated carbocycles. The lowest BCUT2D eigenvalue weighted by Gasteiger charge is -2.20. The highest BCUT2D eigenvalue weighted by atomic mass is 16.5. The van der Waals surface area contributed by atoms with Crippen LogP contribution >= 0.6 is 0 Å². The Bertz CT molecular complexity index is 685. The van der Waals surface area contributed by atoms with Gasteiger partial charge in [0.2, 0.25) is 0 Å². The van der Waals surface area contributed by atoms with Gasteiger partial charge in [-0.1, -0.05) is 30.3 Å². The number of carboxylic acid groups (broad SMARTS) is 1. The number of rotatable bonds is 9. The highest BCUT2D eigenvalue weighted by molar-refractivity contribution is 5.79. The van der Waals surface area contributed by atoms with E-state index in [1.165, 1.54) is 0 Å². The van der Waals surface area contributed by atoms with Gasteiger partial charge in [-0.05, 0) is 36.8 Å². The van der Waals surface area contributed by atoms with E-state index in [4.69, 9.17) is 9.47 Å². The molecule has 6 nitrogen and oxygen atoms in total. The number of para-hydroxylation sites is 1. The molecule has 132 valence electrons. The minimum absolute atomic E-state index is 0.204. The average molecular weight is 342 g/mol. The summed E-state index contributed by atoms with van der Waals surface area (Å²) in [5, 5.41) is 13.7. The van der Waals surface area contributed by atoms with E-state index in [2.05, 4.69) is 5.32 Å². The molecule has 0 unspecified atom stereocenters. The third-order valence-electron chi connectivity index (χ3n) is 3.41. The topological polar surface area (TPSA) is 87.7 Å². The molecular formula is C19H20NO5-. The van der Waals surface area contributed by atoms with Crippen LogP contribution in [-0.4, -0.2) is 25.1 Å². The van der Waals surface area contributed by atoms with Crippen molar-refractivity contribution in [3.05, 3.63) is 60.2 Å². The number of carbonyl (C=O) groups excluding carboxylic acids is 2. The lowest BCUT2D eigenvalue weighted by molar-refractivity contribution is -0.306. The maximum atomic E-state index is 12.1. The van der Waals surface area contributed by atoms with Crippen molar-refractivity contribution in [1.29, 1.82) is 0 Å². The summed E-state index contributed by atoms with van der Waals surface area (Å²) in [6, 6.07) is 15.1. The molecule has 0 aliphatic heterocycles. The standard InChI is InChI=1S/C19H21NO5/c1-2-24-16-10-8-14(9-11-16)17(12-19(22)23)20-18(21)13-25-15-6-4-3-5-7-15/h3-11,17H,2,12-13H2,1H3,(H,20,21)(H,22,23)/p-1/t17-/m0/s1. The molecule has 0 aliphatic rings. The molecule has 0 fully saturated rings. The number of hydrogen-bond donors (Lipinski definition) is 1. The molecule has 1 amide bonds. The van der Waals surface area contributed by atoms with Gasteiger partial charge in [-0.3, -0.25) is 4.79 Å². The van der Waals surface area contributed by atoms with Crippen LogP contribution in [0.4, 0.5) is 0 Å². The first kappa shape index (κ1) is 18.3. The van der Waals surface area contributed by atoms with Crippen LogP contribution in [0.25, 0.3) is 0 Å². The molecule has 0 spiro atoms. The van der Waals surface area contributed by atoms with Crippen LogP contribution in [-0.2, 0) is 9.59 Å². The summed E-state index contributed by atoms with van der Waals surface area (Å²) in [6.45, 7) is 2.21. The number of amides is 1. The van der Waals surface area contributed by atoms with Crippen molar-refractivity contribution in [2.45, 2.75) is 19.4 Å². The number of ether oxygens (including phenoxy) is 2. The van der Waals surface area contributed by atoms with E-state index in [9.17, 15) is 14.7 Å². The molecule has 25 heavy (non-hydrogen) atoms. The zero-order valence-electron chi connectivity index (χ0n) is 13.9. The Balaban J connectivity index is 1.98. The summed E-state index contributed by atoms with van der Waals surface area (Å²) in [5.74, 6) is -0.417. The summed E-state index contributed by atoms with van der Waals surface area (Å²) in [7, 11) is 0. The average Bonchev–Trinajstić information content (AvgIpc) is 2.61. The van der Waals surface area contributed by atoms with Crippen molar-refractivity contribution in [2.24, 2.45) is 0 Å². The first-order valence-corrected chi connectivity index (χ1v) is 7.98. The molecular weight excluding hydrogens is 322 g/mol. The van der Waals surface area contributed by atoms with Crippen molar-refractivity contribution in [1.82, 2.24) is 5.32 Å². The summed E-state index contributed by atoms with van der Waals surface area (Å²) in [6.07, 6.45) is -0.328. The lowest BCUT2D eigenvalue weighted by atomic mass is 10.0. The maximum Gasteiger partial charge on any atom is 0.258 e. The number of nitrogens with one attached hydrogen (secondary N) is 1. The van der Waals surface area contributed by atoms with Gasteiger partial charge < -0.3 is 24.7 Å². The van der Waals surface area contributed by atoms with Crippen molar-refractivity contribution in [3.63, 3.8) is 0 Å². The van der Waals surface area contributed by atoms with Gasteiger partial charge in [0.05, 0.1) is 12.6 Å². The zero-order valence-corrected chi connectivity index (χ0v) is 13.9. The Hall–Kier alpha value is -3.02. The minimum atomic E-state index is -1.25. The molecule has 1 N–H and O–H groups in total. The van der Waals surface area contributed by atoms with Crippen LogP contribution in [0.1, 0.15) is 24.9 Å². The largest absolute Gasteiger partial charge is 0.550 e. The van der Waals surface area contributed by atoms with Crippen LogP contribution in [0, 0.1) is 0 Å². The van der Waals surface area contributed by atoms with Gasteiger partial charge in [0.1, 0.15) is 11.5 Å². The normalized spacial score (nSPS) is 11.4. The molecule has 2 aromatic rings. The Morgan fingerprint density at radius 3 is 2.24 bits per heavy atom. The monoisotopic (exact) mass is 342 g/mol. The van der Waals surface area contributed by atoms with Crippen molar-refractivity contribution < 1.29 is 24.2 Å². The van der Waals surface area contributed by atoms with Crippen molar-refractivity contribution >= 4 is 11.9 Å². The van der Waals surface area contributed by atoms with Gasteiger partial charge in [-0.25, -0.2) is 0 Å². The van der Waals surface area contributed by atoms with Crippen molar-refractivity contribution in [3.8, 4) is 11.5 Å². The molecule has 2 rings (SSSR count). The number of benzene rings is 2. The Labute approximate surface area is 146 Å². The minimum Gasteiger partial charge on any atom is -0.550 e. The first-order chi connectivity index (χ1) is 12.1. The molecule has 6 heteroatoms. The van der Waals surface area contributed by atoms with Crippen LogP contribution in [0.5, 0.6) is 11.5 Å². The molecule has 0 radical (unpaired) electrons. The molecule has 2 aromatic carbocycles. The molecule has 0 aliphatic carbocycles. The van der Waals surface area contributed by atoms with Gasteiger partial charge in [0.25, 0.3) is 5.91 Å². The molecule has 0 heterocycles. The third-order valence-corrected chi connectivity index (χ3v) is 3.41. The number of carbonyl (C=O) groups is 2. The first-order valence-electron chi connectivity index (χ1n) is 7.98.